The summed E-state index contributed by atoms with van der Waals surface area (Å²) in [5.74, 6) is 1.38. The van der Waals surface area contributed by atoms with Crippen molar-refractivity contribution in [2.24, 2.45) is 0 Å². The van der Waals surface area contributed by atoms with Crippen LogP contribution < -0.4 is 4.74 Å². The zero-order chi connectivity index (χ0) is 24.9. The molecule has 1 saturated carbocycles. The van der Waals surface area contributed by atoms with E-state index >= 15 is 0 Å². The Labute approximate surface area is 219 Å². The highest BCUT2D eigenvalue weighted by molar-refractivity contribution is 6.31. The van der Waals surface area contributed by atoms with Crippen LogP contribution in [0.25, 0.3) is 11.4 Å². The molecular formula is C28H25Cl2N3O3. The van der Waals surface area contributed by atoms with Gasteiger partial charge in [0.05, 0.1) is 0 Å². The maximum Gasteiger partial charge on any atom is 0.254 e. The van der Waals surface area contributed by atoms with Crippen LogP contribution in [0.3, 0.4) is 0 Å². The van der Waals surface area contributed by atoms with Gasteiger partial charge in [0.1, 0.15) is 18.9 Å². The maximum absolute atomic E-state index is 13.7. The number of hydrogen-bond donors (Lipinski definition) is 0. The van der Waals surface area contributed by atoms with E-state index in [2.05, 4.69) is 10.1 Å². The first-order valence-electron chi connectivity index (χ1n) is 11.9. The molecule has 0 saturated heterocycles. The molecule has 5 rings (SSSR count). The van der Waals surface area contributed by atoms with Gasteiger partial charge in [-0.3, -0.25) is 4.79 Å². The molecule has 1 aliphatic carbocycles. The summed E-state index contributed by atoms with van der Waals surface area (Å²) in [6.07, 6.45) is 4.09. The minimum atomic E-state index is -0.0867. The fourth-order valence-corrected chi connectivity index (χ4v) is 4.74. The van der Waals surface area contributed by atoms with Gasteiger partial charge in [0.2, 0.25) is 11.7 Å². The average molecular weight is 522 g/mol. The number of aromatic nitrogens is 2. The monoisotopic (exact) mass is 521 g/mol. The Balaban J connectivity index is 1.33. The minimum absolute atomic E-state index is 0.0867. The van der Waals surface area contributed by atoms with Crippen LogP contribution in [-0.2, 0) is 13.2 Å². The van der Waals surface area contributed by atoms with Crippen LogP contribution in [0.2, 0.25) is 10.0 Å². The van der Waals surface area contributed by atoms with Crippen molar-refractivity contribution in [2.45, 2.75) is 44.9 Å². The molecule has 6 nitrogen and oxygen atoms in total. The van der Waals surface area contributed by atoms with Gasteiger partial charge < -0.3 is 14.2 Å². The Morgan fingerprint density at radius 1 is 1.00 bits per heavy atom. The van der Waals surface area contributed by atoms with E-state index < -0.39 is 0 Å². The average Bonchev–Trinajstić information content (AvgIpc) is 3.60. The standard InChI is InChI=1S/C28H25Cl2N3O3/c29-22-14-12-19(13-15-22)27-31-26(36-32-27)17-33(23-8-2-3-9-23)28(34)20-7-5-10-24(16-20)35-18-21-6-1-4-11-25(21)30/h1,4-7,10-16,23H,2-3,8-9,17-18H2. The fraction of sp³-hybridized carbons (Fsp3) is 0.250. The third kappa shape index (κ3) is 5.72. The van der Waals surface area contributed by atoms with Gasteiger partial charge in [-0.05, 0) is 61.4 Å². The minimum Gasteiger partial charge on any atom is -0.489 e. The van der Waals surface area contributed by atoms with Crippen LogP contribution in [0.1, 0.15) is 47.5 Å². The third-order valence-electron chi connectivity index (χ3n) is 6.34. The van der Waals surface area contributed by atoms with Crippen molar-refractivity contribution in [3.63, 3.8) is 0 Å². The first-order chi connectivity index (χ1) is 17.6. The van der Waals surface area contributed by atoms with E-state index in [1.807, 2.05) is 53.4 Å². The quantitative estimate of drug-likeness (QED) is 0.245. The second-order valence-electron chi connectivity index (χ2n) is 8.80. The number of amides is 1. The highest BCUT2D eigenvalue weighted by atomic mass is 35.5. The van der Waals surface area contributed by atoms with E-state index in [0.717, 1.165) is 36.8 Å². The lowest BCUT2D eigenvalue weighted by molar-refractivity contribution is 0.0639. The molecule has 1 amide bonds. The van der Waals surface area contributed by atoms with Crippen LogP contribution in [0, 0.1) is 0 Å². The lowest BCUT2D eigenvalue weighted by Gasteiger charge is -2.27. The molecular weight excluding hydrogens is 497 g/mol. The number of carbonyl (C=O) groups excluding carboxylic acids is 1. The van der Waals surface area contributed by atoms with Gasteiger partial charge in [-0.25, -0.2) is 0 Å². The molecule has 36 heavy (non-hydrogen) atoms. The number of nitrogens with zero attached hydrogens (tertiary/aromatic N) is 3. The first kappa shape index (κ1) is 24.3. The summed E-state index contributed by atoms with van der Waals surface area (Å²) in [7, 11) is 0. The van der Waals surface area contributed by atoms with Crippen molar-refractivity contribution in [3.8, 4) is 17.1 Å². The number of halogens is 2. The highest BCUT2D eigenvalue weighted by Gasteiger charge is 2.29. The molecule has 184 valence electrons. The molecule has 8 heteroatoms. The summed E-state index contributed by atoms with van der Waals surface area (Å²) in [5.41, 5.74) is 2.24. The van der Waals surface area contributed by atoms with E-state index in [1.54, 1.807) is 24.3 Å². The Morgan fingerprint density at radius 2 is 1.78 bits per heavy atom. The molecule has 0 bridgehead atoms. The maximum atomic E-state index is 13.7. The molecule has 0 aliphatic heterocycles. The van der Waals surface area contributed by atoms with Gasteiger partial charge in [-0.2, -0.15) is 4.98 Å². The topological polar surface area (TPSA) is 68.5 Å². The lowest BCUT2D eigenvalue weighted by Crippen LogP contribution is -2.38. The van der Waals surface area contributed by atoms with E-state index in [1.165, 1.54) is 0 Å². The van der Waals surface area contributed by atoms with Gasteiger partial charge in [-0.15, -0.1) is 0 Å². The number of ether oxygens (including phenoxy) is 1. The SMILES string of the molecule is O=C(c1cccc(OCc2ccccc2Cl)c1)N(Cc1nc(-c2ccc(Cl)cc2)no1)C1CCCC1. The molecule has 1 aliphatic rings. The summed E-state index contributed by atoms with van der Waals surface area (Å²) in [5, 5.41) is 5.39. The molecule has 0 radical (unpaired) electrons. The lowest BCUT2D eigenvalue weighted by atomic mass is 10.1. The normalized spacial score (nSPS) is 13.6. The Hall–Kier alpha value is -3.35. The van der Waals surface area contributed by atoms with Gasteiger partial charge in [-0.1, -0.05) is 65.5 Å². The summed E-state index contributed by atoms with van der Waals surface area (Å²) in [6, 6.07) is 22.1. The van der Waals surface area contributed by atoms with Crippen LogP contribution >= 0.6 is 23.2 Å². The molecule has 4 aromatic rings. The van der Waals surface area contributed by atoms with Crippen molar-refractivity contribution >= 4 is 29.1 Å². The Kier molecular flexibility index (Phi) is 7.54. The van der Waals surface area contributed by atoms with Gasteiger partial charge in [0.15, 0.2) is 0 Å². The van der Waals surface area contributed by atoms with Gasteiger partial charge in [0.25, 0.3) is 5.91 Å². The number of hydrogen-bond acceptors (Lipinski definition) is 5. The molecule has 0 unspecified atom stereocenters. The molecule has 0 spiro atoms. The molecule has 3 aromatic carbocycles. The zero-order valence-corrected chi connectivity index (χ0v) is 21.1. The largest absolute Gasteiger partial charge is 0.489 e. The van der Waals surface area contributed by atoms with E-state index in [-0.39, 0.29) is 18.5 Å². The third-order valence-corrected chi connectivity index (χ3v) is 6.96. The molecule has 1 fully saturated rings. The highest BCUT2D eigenvalue weighted by Crippen LogP contribution is 2.28. The van der Waals surface area contributed by atoms with Crippen molar-refractivity contribution < 1.29 is 14.1 Å². The van der Waals surface area contributed by atoms with Gasteiger partial charge in [0, 0.05) is 32.8 Å². The van der Waals surface area contributed by atoms with Crippen LogP contribution in [-0.4, -0.2) is 27.0 Å². The number of rotatable bonds is 8. The summed E-state index contributed by atoms with van der Waals surface area (Å²) >= 11 is 12.2. The molecule has 1 aromatic heterocycles. The molecule has 1 heterocycles. The van der Waals surface area contributed by atoms with E-state index in [9.17, 15) is 4.79 Å². The molecule has 0 N–H and O–H groups in total. The zero-order valence-electron chi connectivity index (χ0n) is 19.6. The Bertz CT molecular complexity index is 1330. The van der Waals surface area contributed by atoms with Crippen LogP contribution in [0.15, 0.2) is 77.3 Å². The van der Waals surface area contributed by atoms with Crippen molar-refractivity contribution in [1.29, 1.82) is 0 Å². The number of benzene rings is 3. The predicted molar refractivity (Wildman–Crippen MR) is 139 cm³/mol. The second-order valence-corrected chi connectivity index (χ2v) is 9.64. The van der Waals surface area contributed by atoms with Crippen LogP contribution in [0.4, 0.5) is 0 Å². The van der Waals surface area contributed by atoms with E-state index in [0.29, 0.717) is 39.7 Å². The number of carbonyl (C=O) groups is 1. The van der Waals surface area contributed by atoms with Gasteiger partial charge >= 0.3 is 0 Å². The second kappa shape index (κ2) is 11.1. The van der Waals surface area contributed by atoms with Crippen molar-refractivity contribution in [3.05, 3.63) is 99.9 Å². The summed E-state index contributed by atoms with van der Waals surface area (Å²) in [4.78, 5) is 20.1. The predicted octanol–water partition coefficient (Wildman–Crippen LogP) is 7.21. The summed E-state index contributed by atoms with van der Waals surface area (Å²) < 4.78 is 11.5. The Morgan fingerprint density at radius 3 is 2.56 bits per heavy atom. The van der Waals surface area contributed by atoms with E-state index in [4.69, 9.17) is 32.5 Å². The first-order valence-corrected chi connectivity index (χ1v) is 12.7. The molecule has 0 atom stereocenters. The summed E-state index contributed by atoms with van der Waals surface area (Å²) in [6.45, 7) is 0.563. The smallest absolute Gasteiger partial charge is 0.254 e. The van der Waals surface area contributed by atoms with Crippen molar-refractivity contribution in [2.75, 3.05) is 0 Å². The van der Waals surface area contributed by atoms with Crippen LogP contribution in [0.5, 0.6) is 5.75 Å². The van der Waals surface area contributed by atoms with Crippen molar-refractivity contribution in [1.82, 2.24) is 15.0 Å². The fourth-order valence-electron chi connectivity index (χ4n) is 4.42.